The van der Waals surface area contributed by atoms with Crippen molar-refractivity contribution in [3.05, 3.63) is 40.6 Å². The molecule has 7 heteroatoms. The van der Waals surface area contributed by atoms with Gasteiger partial charge in [0.1, 0.15) is 0 Å². The highest BCUT2D eigenvalue weighted by Crippen LogP contribution is 2.43. The van der Waals surface area contributed by atoms with Gasteiger partial charge in [0.05, 0.1) is 27.1 Å². The molecule has 0 bridgehead atoms. The molecule has 1 aliphatic heterocycles. The first kappa shape index (κ1) is 24.6. The molecule has 1 aliphatic rings. The molecule has 0 radical (unpaired) electrons. The number of carboxylic acid groups (broad SMARTS) is 1. The van der Waals surface area contributed by atoms with E-state index in [2.05, 4.69) is 27.7 Å². The average Bonchev–Trinajstić information content (AvgIpc) is 2.64. The minimum atomic E-state index is -1.16. The van der Waals surface area contributed by atoms with Gasteiger partial charge in [0.25, 0.3) is 0 Å². The quantitative estimate of drug-likeness (QED) is 0.571. The highest BCUT2D eigenvalue weighted by molar-refractivity contribution is 7.85. The number of hydrogen-bond acceptors (Lipinski definition) is 3. The second-order valence-electron chi connectivity index (χ2n) is 8.86. The van der Waals surface area contributed by atoms with Crippen LogP contribution in [0, 0.1) is 11.8 Å². The lowest BCUT2D eigenvalue weighted by molar-refractivity contribution is -0.138. The smallest absolute Gasteiger partial charge is 0.305 e. The fourth-order valence-electron chi connectivity index (χ4n) is 3.83. The predicted octanol–water partition coefficient (Wildman–Crippen LogP) is 5.00. The predicted molar refractivity (Wildman–Crippen MR) is 121 cm³/mol. The van der Waals surface area contributed by atoms with E-state index >= 15 is 0 Å². The van der Waals surface area contributed by atoms with Crippen molar-refractivity contribution in [1.82, 2.24) is 4.90 Å². The minimum Gasteiger partial charge on any atom is -0.481 e. The summed E-state index contributed by atoms with van der Waals surface area (Å²) in [6, 6.07) is 5.57. The van der Waals surface area contributed by atoms with E-state index in [1.165, 1.54) is 4.90 Å². The van der Waals surface area contributed by atoms with Crippen molar-refractivity contribution in [3.8, 4) is 0 Å². The lowest BCUT2D eigenvalue weighted by Gasteiger charge is -2.41. The summed E-state index contributed by atoms with van der Waals surface area (Å²) in [5.41, 5.74) is 1.41. The zero-order valence-corrected chi connectivity index (χ0v) is 20.0. The highest BCUT2D eigenvalue weighted by Gasteiger charge is 2.40. The van der Waals surface area contributed by atoms with E-state index in [1.807, 2.05) is 31.3 Å². The summed E-state index contributed by atoms with van der Waals surface area (Å²) in [4.78, 5) is 25.8. The van der Waals surface area contributed by atoms with Crippen LogP contribution >= 0.6 is 11.6 Å². The number of nitrogens with zero attached hydrogens (tertiary/aromatic N) is 1. The molecule has 0 fully saturated rings. The molecule has 0 spiro atoms. The molecule has 166 valence electrons. The van der Waals surface area contributed by atoms with Crippen molar-refractivity contribution >= 4 is 34.3 Å². The standard InChI is InChI=1S/C23H32ClNO4S/c1-15(2)9-11-30(29)20-7-6-17(12-19(20)24)23(5)13-21(26)25(10-8-22(27)28)14-18(23)16(3)4/h6-7,12,14-16H,8-11,13H2,1-5H3,(H,27,28)/t23-,30?/m0/s1. The number of benzene rings is 1. The average molecular weight is 454 g/mol. The molecule has 0 aromatic heterocycles. The first-order valence-corrected chi connectivity index (χ1v) is 12.1. The molecule has 1 unspecified atom stereocenters. The van der Waals surface area contributed by atoms with Gasteiger partial charge in [0, 0.05) is 30.3 Å². The van der Waals surface area contributed by atoms with Gasteiger partial charge in [-0.05, 0) is 41.5 Å². The molecule has 2 rings (SSSR count). The number of hydrogen-bond donors (Lipinski definition) is 1. The molecule has 1 heterocycles. The van der Waals surface area contributed by atoms with Crippen LogP contribution in [0.5, 0.6) is 0 Å². The SMILES string of the molecule is CC(C)CCS(=O)c1ccc([C@]2(C)CC(=O)N(CCC(=O)O)C=C2C(C)C)cc1Cl. The summed E-state index contributed by atoms with van der Waals surface area (Å²) in [7, 11) is -1.16. The van der Waals surface area contributed by atoms with E-state index in [9.17, 15) is 13.8 Å². The van der Waals surface area contributed by atoms with Crippen LogP contribution in [0.4, 0.5) is 0 Å². The zero-order valence-electron chi connectivity index (χ0n) is 18.4. The molecule has 1 amide bonds. The molecular weight excluding hydrogens is 422 g/mol. The lowest BCUT2D eigenvalue weighted by atomic mass is 9.68. The number of halogens is 1. The van der Waals surface area contributed by atoms with Crippen molar-refractivity contribution < 1.29 is 18.9 Å². The second kappa shape index (κ2) is 10.1. The fourth-order valence-corrected chi connectivity index (χ4v) is 5.67. The Hall–Kier alpha value is -1.66. The molecule has 1 aromatic rings. The monoisotopic (exact) mass is 453 g/mol. The summed E-state index contributed by atoms with van der Waals surface area (Å²) in [5.74, 6) is 0.172. The third-order valence-corrected chi connectivity index (χ3v) is 7.52. The van der Waals surface area contributed by atoms with Crippen LogP contribution < -0.4 is 0 Å². The molecule has 0 aliphatic carbocycles. The van der Waals surface area contributed by atoms with Crippen molar-refractivity contribution in [1.29, 1.82) is 0 Å². The van der Waals surface area contributed by atoms with Crippen molar-refractivity contribution in [3.63, 3.8) is 0 Å². The molecule has 0 saturated heterocycles. The third-order valence-electron chi connectivity index (χ3n) is 5.64. The summed E-state index contributed by atoms with van der Waals surface area (Å²) in [5, 5.41) is 9.42. The van der Waals surface area contributed by atoms with Gasteiger partial charge in [-0.25, -0.2) is 0 Å². The van der Waals surface area contributed by atoms with E-state index in [-0.39, 0.29) is 31.2 Å². The van der Waals surface area contributed by atoms with Crippen LogP contribution in [-0.2, 0) is 25.8 Å². The largest absolute Gasteiger partial charge is 0.481 e. The Bertz CT molecular complexity index is 865. The number of rotatable bonds is 9. The maximum absolute atomic E-state index is 12.8. The van der Waals surface area contributed by atoms with Gasteiger partial charge in [0.15, 0.2) is 0 Å². The molecule has 1 N–H and O–H groups in total. The van der Waals surface area contributed by atoms with Gasteiger partial charge in [-0.2, -0.15) is 0 Å². The van der Waals surface area contributed by atoms with Gasteiger partial charge in [0.2, 0.25) is 5.91 Å². The summed E-state index contributed by atoms with van der Waals surface area (Å²) >= 11 is 6.52. The van der Waals surface area contributed by atoms with Crippen LogP contribution in [0.1, 0.15) is 59.4 Å². The van der Waals surface area contributed by atoms with Gasteiger partial charge >= 0.3 is 5.97 Å². The Kier molecular flexibility index (Phi) is 8.28. The van der Waals surface area contributed by atoms with Crippen LogP contribution in [0.25, 0.3) is 0 Å². The Morgan fingerprint density at radius 3 is 2.50 bits per heavy atom. The number of carbonyl (C=O) groups excluding carboxylic acids is 1. The Morgan fingerprint density at radius 2 is 1.97 bits per heavy atom. The van der Waals surface area contributed by atoms with Crippen LogP contribution in [0.3, 0.4) is 0 Å². The first-order chi connectivity index (χ1) is 14.0. The van der Waals surface area contributed by atoms with E-state index in [4.69, 9.17) is 16.7 Å². The Labute approximate surface area is 186 Å². The van der Waals surface area contributed by atoms with Gasteiger partial charge in [-0.1, -0.05) is 52.3 Å². The molecule has 0 saturated carbocycles. The number of carboxylic acids is 1. The van der Waals surface area contributed by atoms with Crippen LogP contribution in [0.2, 0.25) is 5.02 Å². The van der Waals surface area contributed by atoms with Crippen LogP contribution in [-0.4, -0.2) is 38.4 Å². The maximum atomic E-state index is 12.8. The topological polar surface area (TPSA) is 74.7 Å². The highest BCUT2D eigenvalue weighted by atomic mass is 35.5. The number of amides is 1. The van der Waals surface area contributed by atoms with Crippen molar-refractivity contribution in [2.75, 3.05) is 12.3 Å². The lowest BCUT2D eigenvalue weighted by Crippen LogP contribution is -2.42. The molecule has 2 atom stereocenters. The second-order valence-corrected chi connectivity index (χ2v) is 10.8. The number of allylic oxidation sites excluding steroid dienone is 1. The summed E-state index contributed by atoms with van der Waals surface area (Å²) in [6.07, 6.45) is 2.82. The van der Waals surface area contributed by atoms with E-state index in [0.29, 0.717) is 21.6 Å². The fraction of sp³-hybridized carbons (Fsp3) is 0.565. The number of aliphatic carboxylic acids is 1. The van der Waals surface area contributed by atoms with Gasteiger partial charge in [-0.15, -0.1) is 0 Å². The molecular formula is C23H32ClNO4S. The van der Waals surface area contributed by atoms with Crippen molar-refractivity contribution in [2.24, 2.45) is 11.8 Å². The Balaban J connectivity index is 2.37. The minimum absolute atomic E-state index is 0.0902. The van der Waals surface area contributed by atoms with Gasteiger partial charge < -0.3 is 10.0 Å². The summed E-state index contributed by atoms with van der Waals surface area (Å²) < 4.78 is 12.6. The van der Waals surface area contributed by atoms with E-state index in [0.717, 1.165) is 17.6 Å². The van der Waals surface area contributed by atoms with E-state index < -0.39 is 22.2 Å². The normalized spacial score (nSPS) is 20.6. The van der Waals surface area contributed by atoms with E-state index in [1.54, 1.807) is 0 Å². The number of carbonyl (C=O) groups is 2. The Morgan fingerprint density at radius 1 is 1.30 bits per heavy atom. The zero-order chi connectivity index (χ0) is 22.6. The summed E-state index contributed by atoms with van der Waals surface area (Å²) in [6.45, 7) is 10.5. The first-order valence-electron chi connectivity index (χ1n) is 10.4. The molecule has 5 nitrogen and oxygen atoms in total. The molecule has 1 aromatic carbocycles. The van der Waals surface area contributed by atoms with Crippen LogP contribution in [0.15, 0.2) is 34.9 Å². The third kappa shape index (κ3) is 5.73. The van der Waals surface area contributed by atoms with Gasteiger partial charge in [-0.3, -0.25) is 13.8 Å². The van der Waals surface area contributed by atoms with Crippen molar-refractivity contribution in [2.45, 2.75) is 64.2 Å². The maximum Gasteiger partial charge on any atom is 0.305 e. The molecule has 30 heavy (non-hydrogen) atoms.